The monoisotopic (exact) mass is 822 g/mol. The first kappa shape index (κ1) is 56.0. The first-order valence-electron chi connectivity index (χ1n) is 24.3. The fraction of sp³-hybridized carbons (Fsp3) is 0.698. The van der Waals surface area contributed by atoms with E-state index >= 15 is 0 Å². The third-order valence-corrected chi connectivity index (χ3v) is 10.5. The van der Waals surface area contributed by atoms with Gasteiger partial charge in [0.15, 0.2) is 0 Å². The second-order valence-electron chi connectivity index (χ2n) is 16.2. The Kier molecular flexibility index (Phi) is 43.8. The van der Waals surface area contributed by atoms with Gasteiger partial charge < -0.3 is 20.3 Å². The molecular formula is C53H91NO5. The molecule has 0 aromatic carbocycles. The van der Waals surface area contributed by atoms with Crippen molar-refractivity contribution in [2.24, 2.45) is 0 Å². The van der Waals surface area contributed by atoms with Crippen molar-refractivity contribution in [3.05, 3.63) is 85.1 Å². The van der Waals surface area contributed by atoms with Crippen molar-refractivity contribution in [2.75, 3.05) is 6.61 Å². The molecule has 3 unspecified atom stereocenters. The topological polar surface area (TPSA) is 95.9 Å². The molecule has 0 bridgehead atoms. The molecule has 0 fully saturated rings. The van der Waals surface area contributed by atoms with Crippen LogP contribution in [-0.4, -0.2) is 46.9 Å². The zero-order valence-corrected chi connectivity index (χ0v) is 38.4. The maximum absolute atomic E-state index is 13.1. The molecule has 0 aromatic heterocycles. The first-order valence-corrected chi connectivity index (χ1v) is 24.3. The van der Waals surface area contributed by atoms with Crippen LogP contribution in [-0.2, 0) is 14.3 Å². The minimum absolute atomic E-state index is 0.00732. The summed E-state index contributed by atoms with van der Waals surface area (Å²) in [4.78, 5) is 26.0. The quantitative estimate of drug-likeness (QED) is 0.0247. The molecule has 0 aliphatic heterocycles. The van der Waals surface area contributed by atoms with E-state index in [4.69, 9.17) is 4.74 Å². The minimum atomic E-state index is -0.815. The highest BCUT2D eigenvalue weighted by molar-refractivity contribution is 5.77. The molecule has 59 heavy (non-hydrogen) atoms. The van der Waals surface area contributed by atoms with Gasteiger partial charge in [-0.15, -0.1) is 0 Å². The average molecular weight is 822 g/mol. The molecule has 0 saturated heterocycles. The van der Waals surface area contributed by atoms with Gasteiger partial charge in [-0.05, 0) is 64.2 Å². The molecule has 6 heteroatoms. The smallest absolute Gasteiger partial charge is 0.306 e. The van der Waals surface area contributed by atoms with Gasteiger partial charge in [-0.25, -0.2) is 0 Å². The van der Waals surface area contributed by atoms with Gasteiger partial charge in [-0.3, -0.25) is 9.59 Å². The van der Waals surface area contributed by atoms with Crippen LogP contribution in [0.1, 0.15) is 213 Å². The first-order chi connectivity index (χ1) is 29.0. The molecule has 0 saturated carbocycles. The van der Waals surface area contributed by atoms with Crippen LogP contribution in [0.3, 0.4) is 0 Å². The SMILES string of the molecule is CC/C=C/C=C/C=C/CCCCCCCCCC(=O)OC(C/C=C\C/C=C\C/C=C\C/C=C\CCCCC)CC(=O)NC(CO)C(O)CCCCCCCCCCCC. The number of amides is 1. The number of unbranched alkanes of at least 4 members (excludes halogenated alkanes) is 19. The second-order valence-corrected chi connectivity index (χ2v) is 16.2. The van der Waals surface area contributed by atoms with E-state index in [1.165, 1.54) is 96.3 Å². The Morgan fingerprint density at radius 2 is 1.02 bits per heavy atom. The number of nitrogens with one attached hydrogen (secondary N) is 1. The van der Waals surface area contributed by atoms with E-state index in [0.29, 0.717) is 19.3 Å². The lowest BCUT2D eigenvalue weighted by Gasteiger charge is -2.24. The van der Waals surface area contributed by atoms with E-state index in [-0.39, 0.29) is 24.9 Å². The zero-order chi connectivity index (χ0) is 43.1. The lowest BCUT2D eigenvalue weighted by Crippen LogP contribution is -2.46. The van der Waals surface area contributed by atoms with Crippen molar-refractivity contribution in [3.63, 3.8) is 0 Å². The number of carbonyl (C=O) groups excluding carboxylic acids is 2. The molecule has 0 aromatic rings. The molecule has 3 N–H and O–H groups in total. The van der Waals surface area contributed by atoms with Gasteiger partial charge in [-0.2, -0.15) is 0 Å². The molecule has 0 aliphatic carbocycles. The number of aliphatic hydroxyl groups excluding tert-OH is 2. The van der Waals surface area contributed by atoms with Crippen LogP contribution in [0.2, 0.25) is 0 Å². The highest BCUT2D eigenvalue weighted by Gasteiger charge is 2.23. The van der Waals surface area contributed by atoms with E-state index in [2.05, 4.69) is 99.0 Å². The largest absolute Gasteiger partial charge is 0.461 e. The predicted octanol–water partition coefficient (Wildman–Crippen LogP) is 14.4. The van der Waals surface area contributed by atoms with E-state index in [9.17, 15) is 19.8 Å². The summed E-state index contributed by atoms with van der Waals surface area (Å²) in [6.07, 6.45) is 59.4. The molecule has 0 heterocycles. The number of hydrogen-bond acceptors (Lipinski definition) is 5. The lowest BCUT2D eigenvalue weighted by molar-refractivity contribution is -0.150. The van der Waals surface area contributed by atoms with Crippen LogP contribution in [0.4, 0.5) is 0 Å². The van der Waals surface area contributed by atoms with Gasteiger partial charge in [0.2, 0.25) is 5.91 Å². The Bertz CT molecular complexity index is 1150. The summed E-state index contributed by atoms with van der Waals surface area (Å²) >= 11 is 0. The Morgan fingerprint density at radius 3 is 1.61 bits per heavy atom. The summed E-state index contributed by atoms with van der Waals surface area (Å²) in [5.41, 5.74) is 0. The summed E-state index contributed by atoms with van der Waals surface area (Å²) in [6.45, 7) is 6.27. The molecule has 1 amide bonds. The maximum atomic E-state index is 13.1. The maximum Gasteiger partial charge on any atom is 0.306 e. The third kappa shape index (κ3) is 41.6. The van der Waals surface area contributed by atoms with Gasteiger partial charge in [-0.1, -0.05) is 215 Å². The van der Waals surface area contributed by atoms with Crippen molar-refractivity contribution in [2.45, 2.75) is 232 Å². The Hall–Kier alpha value is -2.96. The van der Waals surface area contributed by atoms with Gasteiger partial charge in [0.1, 0.15) is 6.10 Å². The second kappa shape index (κ2) is 46.1. The van der Waals surface area contributed by atoms with Crippen molar-refractivity contribution in [1.29, 1.82) is 0 Å². The van der Waals surface area contributed by atoms with Crippen LogP contribution in [0.25, 0.3) is 0 Å². The van der Waals surface area contributed by atoms with E-state index in [1.807, 2.05) is 12.2 Å². The minimum Gasteiger partial charge on any atom is -0.461 e. The van der Waals surface area contributed by atoms with Crippen LogP contribution >= 0.6 is 0 Å². The van der Waals surface area contributed by atoms with Crippen molar-refractivity contribution in [3.8, 4) is 0 Å². The third-order valence-electron chi connectivity index (χ3n) is 10.5. The Morgan fingerprint density at radius 1 is 0.542 bits per heavy atom. The van der Waals surface area contributed by atoms with Crippen LogP contribution in [0, 0.1) is 0 Å². The highest BCUT2D eigenvalue weighted by Crippen LogP contribution is 2.15. The number of allylic oxidation sites excluding steroid dienone is 13. The molecule has 6 nitrogen and oxygen atoms in total. The normalized spacial score (nSPS) is 14.1. The summed E-state index contributed by atoms with van der Waals surface area (Å²) in [5.74, 6) is -0.597. The van der Waals surface area contributed by atoms with E-state index < -0.39 is 18.2 Å². The number of aliphatic hydroxyl groups is 2. The zero-order valence-electron chi connectivity index (χ0n) is 38.4. The number of ether oxygens (including phenoxy) is 1. The number of carbonyl (C=O) groups is 2. The van der Waals surface area contributed by atoms with Crippen molar-refractivity contribution in [1.82, 2.24) is 5.32 Å². The van der Waals surface area contributed by atoms with Crippen LogP contribution in [0.5, 0.6) is 0 Å². The Labute approximate surface area is 363 Å². The Balaban J connectivity index is 4.77. The van der Waals surface area contributed by atoms with Gasteiger partial charge in [0.25, 0.3) is 0 Å². The lowest BCUT2D eigenvalue weighted by atomic mass is 10.0. The van der Waals surface area contributed by atoms with Crippen molar-refractivity contribution >= 4 is 11.9 Å². The molecular weight excluding hydrogens is 731 g/mol. The van der Waals surface area contributed by atoms with Crippen LogP contribution < -0.4 is 5.32 Å². The molecule has 0 aliphatic rings. The molecule has 338 valence electrons. The van der Waals surface area contributed by atoms with Gasteiger partial charge in [0.05, 0.1) is 25.2 Å². The fourth-order valence-electron chi connectivity index (χ4n) is 6.82. The summed E-state index contributed by atoms with van der Waals surface area (Å²) < 4.78 is 5.85. The van der Waals surface area contributed by atoms with Crippen LogP contribution in [0.15, 0.2) is 85.1 Å². The number of esters is 1. The van der Waals surface area contributed by atoms with Crippen molar-refractivity contribution < 1.29 is 24.5 Å². The van der Waals surface area contributed by atoms with E-state index in [1.54, 1.807) is 0 Å². The summed E-state index contributed by atoms with van der Waals surface area (Å²) in [5, 5.41) is 23.6. The molecule has 0 radical (unpaired) electrons. The predicted molar refractivity (Wildman–Crippen MR) is 254 cm³/mol. The van der Waals surface area contributed by atoms with E-state index in [0.717, 1.165) is 70.6 Å². The van der Waals surface area contributed by atoms with Gasteiger partial charge >= 0.3 is 5.97 Å². The van der Waals surface area contributed by atoms with Gasteiger partial charge in [0, 0.05) is 12.8 Å². The summed E-state index contributed by atoms with van der Waals surface area (Å²) in [6, 6.07) is -0.736. The molecule has 0 spiro atoms. The molecule has 0 rings (SSSR count). The summed E-state index contributed by atoms with van der Waals surface area (Å²) in [7, 11) is 0. The molecule has 3 atom stereocenters. The highest BCUT2D eigenvalue weighted by atomic mass is 16.5. The fourth-order valence-corrected chi connectivity index (χ4v) is 6.82. The standard InChI is InChI=1S/C53H91NO5/c1-4-7-10-13-16-19-22-24-26-28-30-32-35-38-41-44-49(59-53(58)46-43-40-37-34-31-29-27-25-23-20-17-14-11-8-5-2)47-52(57)54-50(48-55)51(56)45-42-39-36-33-21-18-15-12-9-6-3/h8,11,14,16-17,19-20,23-24,26,30,32,38,41,49-51,55-56H,4-7,9-10,12-13,15,18,21-22,25,27-29,31,33-37,39-40,42-48H2,1-3H3,(H,54,57)/b11-8+,17-14+,19-16-,23-20+,26-24-,32-30-,41-38-. The number of rotatable bonds is 42. The average Bonchev–Trinajstić information content (AvgIpc) is 3.23. The number of hydrogen-bond donors (Lipinski definition) is 3.